The highest BCUT2D eigenvalue weighted by Gasteiger charge is 2.28. The molecule has 2 aromatic rings. The van der Waals surface area contributed by atoms with Crippen molar-refractivity contribution in [3.05, 3.63) is 71.8 Å². The maximum Gasteiger partial charge on any atom is 0.314 e. The van der Waals surface area contributed by atoms with Crippen LogP contribution in [0.1, 0.15) is 36.7 Å². The molecule has 0 aliphatic rings. The van der Waals surface area contributed by atoms with Crippen molar-refractivity contribution in [2.45, 2.75) is 26.3 Å². The molecule has 0 atom stereocenters. The Morgan fingerprint density at radius 1 is 0.917 bits per heavy atom. The van der Waals surface area contributed by atoms with Gasteiger partial charge in [-0.2, -0.15) is 0 Å². The van der Waals surface area contributed by atoms with Gasteiger partial charge in [0.1, 0.15) is 0 Å². The first-order valence-corrected chi connectivity index (χ1v) is 7.65. The highest BCUT2D eigenvalue weighted by atomic mass is 16.2. The summed E-state index contributed by atoms with van der Waals surface area (Å²) in [5.74, 6) is 4.48. The summed E-state index contributed by atoms with van der Waals surface area (Å²) >= 11 is 0. The smallest absolute Gasteiger partial charge is 0.267 e. The molecule has 0 bridgehead atoms. The normalized spacial score (nSPS) is 10.3. The minimum atomic E-state index is -0.586. The molecule has 0 aliphatic carbocycles. The Labute approximate surface area is 142 Å². The van der Waals surface area contributed by atoms with Crippen LogP contribution >= 0.6 is 0 Å². The molecule has 0 saturated carbocycles. The Bertz CT molecular complexity index is 766. The van der Waals surface area contributed by atoms with Crippen molar-refractivity contribution in [1.82, 2.24) is 10.4 Å². The van der Waals surface area contributed by atoms with Crippen LogP contribution in [0.4, 0.5) is 0 Å². The highest BCUT2D eigenvalue weighted by Crippen LogP contribution is 2.14. The molecule has 0 fully saturated rings. The van der Waals surface area contributed by atoms with E-state index in [1.54, 1.807) is 24.3 Å². The number of carbonyl (C=O) groups excluding carboxylic acids is 2. The van der Waals surface area contributed by atoms with E-state index < -0.39 is 11.4 Å². The molecule has 4 nitrogen and oxygen atoms in total. The van der Waals surface area contributed by atoms with Gasteiger partial charge in [0.05, 0.1) is 5.54 Å². The SMILES string of the molecule is CC(C)(C)N(NC(=O)C#Cc1ccccc1)C(=O)c1ccccc1. The van der Waals surface area contributed by atoms with Gasteiger partial charge >= 0.3 is 5.91 Å². The molecule has 0 unspecified atom stereocenters. The first-order valence-electron chi connectivity index (χ1n) is 7.65. The Morgan fingerprint density at radius 3 is 2.00 bits per heavy atom. The van der Waals surface area contributed by atoms with E-state index in [0.29, 0.717) is 5.56 Å². The zero-order valence-electron chi connectivity index (χ0n) is 14.0. The number of amides is 2. The Kier molecular flexibility index (Phi) is 5.39. The lowest BCUT2D eigenvalue weighted by Crippen LogP contribution is -2.55. The number of nitrogens with zero attached hydrogens (tertiary/aromatic N) is 1. The van der Waals surface area contributed by atoms with Crippen molar-refractivity contribution >= 4 is 11.8 Å². The fraction of sp³-hybridized carbons (Fsp3) is 0.200. The number of hydrogen-bond acceptors (Lipinski definition) is 2. The molecule has 24 heavy (non-hydrogen) atoms. The molecule has 4 heteroatoms. The van der Waals surface area contributed by atoms with Gasteiger partial charge in [-0.3, -0.25) is 15.0 Å². The molecule has 0 aromatic heterocycles. The quantitative estimate of drug-likeness (QED) is 0.648. The third-order valence-electron chi connectivity index (χ3n) is 3.20. The number of hydrogen-bond donors (Lipinski definition) is 1. The molecule has 2 rings (SSSR count). The molecular formula is C20H20N2O2. The van der Waals surface area contributed by atoms with Crippen LogP contribution in [-0.4, -0.2) is 22.4 Å². The molecule has 0 heterocycles. The van der Waals surface area contributed by atoms with Crippen molar-refractivity contribution in [2.24, 2.45) is 0 Å². The van der Waals surface area contributed by atoms with Gasteiger partial charge in [-0.25, -0.2) is 5.01 Å². The summed E-state index contributed by atoms with van der Waals surface area (Å²) < 4.78 is 0. The second-order valence-corrected chi connectivity index (χ2v) is 6.23. The number of carbonyl (C=O) groups is 2. The largest absolute Gasteiger partial charge is 0.314 e. The Hall–Kier alpha value is -3.06. The summed E-state index contributed by atoms with van der Waals surface area (Å²) in [5, 5.41) is 1.31. The average Bonchev–Trinajstić information content (AvgIpc) is 2.58. The van der Waals surface area contributed by atoms with Crippen molar-refractivity contribution in [1.29, 1.82) is 0 Å². The van der Waals surface area contributed by atoms with Gasteiger partial charge in [0.2, 0.25) is 0 Å². The fourth-order valence-electron chi connectivity index (χ4n) is 2.01. The Morgan fingerprint density at radius 2 is 1.46 bits per heavy atom. The van der Waals surface area contributed by atoms with E-state index >= 15 is 0 Å². The van der Waals surface area contributed by atoms with Gasteiger partial charge in [0.25, 0.3) is 5.91 Å². The van der Waals surface area contributed by atoms with E-state index in [1.165, 1.54) is 5.01 Å². The van der Waals surface area contributed by atoms with Crippen LogP contribution in [0.5, 0.6) is 0 Å². The van der Waals surface area contributed by atoms with Gasteiger partial charge in [-0.1, -0.05) is 42.3 Å². The number of nitrogens with one attached hydrogen (secondary N) is 1. The lowest BCUT2D eigenvalue weighted by Gasteiger charge is -2.34. The van der Waals surface area contributed by atoms with E-state index in [2.05, 4.69) is 17.3 Å². The molecule has 2 aromatic carbocycles. The number of rotatable bonds is 1. The van der Waals surface area contributed by atoms with Crippen LogP contribution in [0, 0.1) is 11.8 Å². The first kappa shape index (κ1) is 17.3. The lowest BCUT2D eigenvalue weighted by molar-refractivity contribution is -0.121. The molecule has 0 saturated heterocycles. The van der Waals surface area contributed by atoms with Crippen molar-refractivity contribution in [3.8, 4) is 11.8 Å². The van der Waals surface area contributed by atoms with Crippen molar-refractivity contribution < 1.29 is 9.59 Å². The maximum atomic E-state index is 12.7. The van der Waals surface area contributed by atoms with Gasteiger partial charge in [0.15, 0.2) is 0 Å². The molecule has 122 valence electrons. The van der Waals surface area contributed by atoms with E-state index in [9.17, 15) is 9.59 Å². The van der Waals surface area contributed by atoms with Gasteiger partial charge in [-0.05, 0) is 45.0 Å². The van der Waals surface area contributed by atoms with E-state index in [4.69, 9.17) is 0 Å². The van der Waals surface area contributed by atoms with Crippen LogP contribution in [-0.2, 0) is 4.79 Å². The number of hydrazine groups is 1. The predicted octanol–water partition coefficient (Wildman–Crippen LogP) is 3.01. The minimum absolute atomic E-state index is 0.280. The Balaban J connectivity index is 2.17. The summed E-state index contributed by atoms with van der Waals surface area (Å²) in [6, 6.07) is 18.0. The van der Waals surface area contributed by atoms with Crippen LogP contribution in [0.25, 0.3) is 0 Å². The number of benzene rings is 2. The zero-order valence-corrected chi connectivity index (χ0v) is 14.0. The van der Waals surface area contributed by atoms with Gasteiger partial charge in [-0.15, -0.1) is 0 Å². The summed E-state index contributed by atoms with van der Waals surface area (Å²) in [6.45, 7) is 5.54. The second kappa shape index (κ2) is 7.47. The lowest BCUT2D eigenvalue weighted by atomic mass is 10.1. The minimum Gasteiger partial charge on any atom is -0.267 e. The molecule has 0 aliphatic heterocycles. The molecule has 0 spiro atoms. The van der Waals surface area contributed by atoms with Crippen molar-refractivity contribution in [3.63, 3.8) is 0 Å². The highest BCUT2D eigenvalue weighted by molar-refractivity contribution is 5.99. The summed E-state index contributed by atoms with van der Waals surface area (Å²) in [7, 11) is 0. The third kappa shape index (κ3) is 4.72. The van der Waals surface area contributed by atoms with Crippen LogP contribution < -0.4 is 5.43 Å². The molecule has 0 radical (unpaired) electrons. The average molecular weight is 320 g/mol. The monoisotopic (exact) mass is 320 g/mol. The standard InChI is InChI=1S/C20H20N2O2/c1-20(2,3)22(19(24)17-12-8-5-9-13-17)21-18(23)15-14-16-10-6-4-7-11-16/h4-13H,1-3H3,(H,21,23). The summed E-state index contributed by atoms with van der Waals surface area (Å²) in [5.41, 5.74) is 3.25. The van der Waals surface area contributed by atoms with Crippen LogP contribution in [0.3, 0.4) is 0 Å². The second-order valence-electron chi connectivity index (χ2n) is 6.23. The summed E-state index contributed by atoms with van der Waals surface area (Å²) in [6.07, 6.45) is 0. The molecule has 1 N–H and O–H groups in total. The van der Waals surface area contributed by atoms with E-state index in [0.717, 1.165) is 5.56 Å². The predicted molar refractivity (Wildman–Crippen MR) is 93.8 cm³/mol. The van der Waals surface area contributed by atoms with Gasteiger partial charge < -0.3 is 0 Å². The van der Waals surface area contributed by atoms with Crippen molar-refractivity contribution in [2.75, 3.05) is 0 Å². The van der Waals surface area contributed by atoms with E-state index in [1.807, 2.05) is 57.2 Å². The molecular weight excluding hydrogens is 300 g/mol. The molecule has 2 amide bonds. The van der Waals surface area contributed by atoms with Gasteiger partial charge in [0, 0.05) is 17.0 Å². The maximum absolute atomic E-state index is 12.7. The third-order valence-corrected chi connectivity index (χ3v) is 3.20. The summed E-state index contributed by atoms with van der Waals surface area (Å²) in [4.78, 5) is 24.8. The van der Waals surface area contributed by atoms with Crippen LogP contribution in [0.15, 0.2) is 60.7 Å². The zero-order chi connectivity index (χ0) is 17.6. The fourth-order valence-corrected chi connectivity index (χ4v) is 2.01. The first-order chi connectivity index (χ1) is 11.4. The van der Waals surface area contributed by atoms with E-state index in [-0.39, 0.29) is 5.91 Å². The van der Waals surface area contributed by atoms with Crippen LogP contribution in [0.2, 0.25) is 0 Å². The topological polar surface area (TPSA) is 49.4 Å².